The number of thiazole rings is 1. The van der Waals surface area contributed by atoms with Gasteiger partial charge in [0.25, 0.3) is 5.91 Å². The highest BCUT2D eigenvalue weighted by molar-refractivity contribution is 7.16. The molecule has 0 bridgehead atoms. The SMILES string of the molecule is COC(=O)Cn1c(=NC(=O)COc2ccc(C(C)C)cc2)sc2cc(OC)c(OC)cc21. The molecule has 0 saturated heterocycles. The Hall–Kier alpha value is -3.33. The van der Waals surface area contributed by atoms with Crippen molar-refractivity contribution >= 4 is 33.4 Å². The lowest BCUT2D eigenvalue weighted by Gasteiger charge is -2.09. The van der Waals surface area contributed by atoms with E-state index in [0.29, 0.717) is 33.5 Å². The van der Waals surface area contributed by atoms with Crippen LogP contribution in [0.15, 0.2) is 41.4 Å². The van der Waals surface area contributed by atoms with Crippen LogP contribution in [-0.2, 0) is 20.9 Å². The third-order valence-corrected chi connectivity index (χ3v) is 5.87. The zero-order valence-electron chi connectivity index (χ0n) is 18.7. The van der Waals surface area contributed by atoms with Crippen molar-refractivity contribution < 1.29 is 28.5 Å². The third-order valence-electron chi connectivity index (χ3n) is 4.83. The number of esters is 1. The van der Waals surface area contributed by atoms with E-state index in [1.165, 1.54) is 31.1 Å². The molecule has 2 aromatic carbocycles. The van der Waals surface area contributed by atoms with E-state index in [2.05, 4.69) is 18.8 Å². The lowest BCUT2D eigenvalue weighted by molar-refractivity contribution is -0.141. The summed E-state index contributed by atoms with van der Waals surface area (Å²) in [6.07, 6.45) is 0. The molecule has 0 N–H and O–H groups in total. The van der Waals surface area contributed by atoms with E-state index in [-0.39, 0.29) is 13.2 Å². The van der Waals surface area contributed by atoms with Crippen LogP contribution < -0.4 is 19.0 Å². The Balaban J connectivity index is 1.91. The molecule has 0 aliphatic carbocycles. The van der Waals surface area contributed by atoms with Gasteiger partial charge in [-0.1, -0.05) is 37.3 Å². The first-order valence-electron chi connectivity index (χ1n) is 9.98. The van der Waals surface area contributed by atoms with Crippen molar-refractivity contribution in [1.29, 1.82) is 0 Å². The molecule has 0 aliphatic rings. The number of carbonyl (C=O) groups excluding carboxylic acids is 2. The van der Waals surface area contributed by atoms with Crippen molar-refractivity contribution in [3.8, 4) is 17.2 Å². The van der Waals surface area contributed by atoms with E-state index < -0.39 is 11.9 Å². The minimum atomic E-state index is -0.470. The molecule has 0 radical (unpaired) electrons. The molecule has 8 nitrogen and oxygen atoms in total. The highest BCUT2D eigenvalue weighted by atomic mass is 32.1. The number of methoxy groups -OCH3 is 3. The molecule has 170 valence electrons. The molecule has 3 aromatic rings. The van der Waals surface area contributed by atoms with Gasteiger partial charge in [-0.25, -0.2) is 0 Å². The maximum Gasteiger partial charge on any atom is 0.325 e. The van der Waals surface area contributed by atoms with Gasteiger partial charge in [0.15, 0.2) is 22.9 Å². The van der Waals surface area contributed by atoms with Crippen molar-refractivity contribution in [2.45, 2.75) is 26.3 Å². The highest BCUT2D eigenvalue weighted by Crippen LogP contribution is 2.33. The summed E-state index contributed by atoms with van der Waals surface area (Å²) >= 11 is 1.26. The smallest absolute Gasteiger partial charge is 0.325 e. The van der Waals surface area contributed by atoms with Gasteiger partial charge in [0, 0.05) is 12.1 Å². The van der Waals surface area contributed by atoms with Crippen LogP contribution in [0, 0.1) is 0 Å². The first-order valence-corrected chi connectivity index (χ1v) is 10.8. The van der Waals surface area contributed by atoms with E-state index in [4.69, 9.17) is 18.9 Å². The van der Waals surface area contributed by atoms with Gasteiger partial charge in [-0.05, 0) is 23.6 Å². The quantitative estimate of drug-likeness (QED) is 0.480. The van der Waals surface area contributed by atoms with E-state index in [9.17, 15) is 9.59 Å². The summed E-state index contributed by atoms with van der Waals surface area (Å²) in [5.41, 5.74) is 1.86. The zero-order valence-corrected chi connectivity index (χ0v) is 19.5. The molecule has 0 saturated carbocycles. The average Bonchev–Trinajstić information content (AvgIpc) is 3.12. The first kappa shape index (κ1) is 23.3. The van der Waals surface area contributed by atoms with E-state index >= 15 is 0 Å². The molecule has 0 fully saturated rings. The normalized spacial score (nSPS) is 11.6. The second-order valence-corrected chi connectivity index (χ2v) is 8.25. The van der Waals surface area contributed by atoms with Crippen LogP contribution in [0.1, 0.15) is 25.3 Å². The molecule has 0 aliphatic heterocycles. The summed E-state index contributed by atoms with van der Waals surface area (Å²) in [5, 5.41) is 0. The first-order chi connectivity index (χ1) is 15.4. The van der Waals surface area contributed by atoms with Crippen LogP contribution in [0.5, 0.6) is 17.2 Å². The Morgan fingerprint density at radius 3 is 2.28 bits per heavy atom. The van der Waals surface area contributed by atoms with Crippen LogP contribution >= 0.6 is 11.3 Å². The van der Waals surface area contributed by atoms with Crippen LogP contribution in [0.4, 0.5) is 0 Å². The summed E-state index contributed by atoms with van der Waals surface area (Å²) < 4.78 is 23.5. The van der Waals surface area contributed by atoms with Gasteiger partial charge in [-0.3, -0.25) is 9.59 Å². The second kappa shape index (κ2) is 10.3. The Morgan fingerprint density at radius 2 is 1.69 bits per heavy atom. The number of carbonyl (C=O) groups is 2. The van der Waals surface area contributed by atoms with Gasteiger partial charge < -0.3 is 23.5 Å². The summed E-state index contributed by atoms with van der Waals surface area (Å²) in [5.74, 6) is 1.11. The van der Waals surface area contributed by atoms with Crippen molar-refractivity contribution in [3.63, 3.8) is 0 Å². The van der Waals surface area contributed by atoms with Gasteiger partial charge in [-0.2, -0.15) is 4.99 Å². The maximum atomic E-state index is 12.5. The van der Waals surface area contributed by atoms with Crippen LogP contribution in [-0.4, -0.2) is 44.4 Å². The minimum absolute atomic E-state index is 0.102. The Kier molecular flexibility index (Phi) is 7.53. The minimum Gasteiger partial charge on any atom is -0.493 e. The van der Waals surface area contributed by atoms with Crippen molar-refractivity contribution in [2.24, 2.45) is 4.99 Å². The van der Waals surface area contributed by atoms with E-state index in [1.54, 1.807) is 23.8 Å². The summed E-state index contributed by atoms with van der Waals surface area (Å²) in [6, 6.07) is 11.1. The molecular weight excluding hydrogens is 432 g/mol. The standard InChI is InChI=1S/C23H26N2O6S/c1-14(2)15-6-8-16(9-7-15)31-13-21(26)24-23-25(12-22(27)30-5)17-10-18(28-3)19(29-4)11-20(17)32-23/h6-11,14H,12-13H2,1-5H3. The number of ether oxygens (including phenoxy) is 4. The molecule has 9 heteroatoms. The lowest BCUT2D eigenvalue weighted by atomic mass is 10.0. The van der Waals surface area contributed by atoms with Crippen molar-refractivity contribution in [2.75, 3.05) is 27.9 Å². The Bertz CT molecular complexity index is 1180. The van der Waals surface area contributed by atoms with Crippen molar-refractivity contribution in [1.82, 2.24) is 4.57 Å². The molecule has 3 rings (SSSR count). The van der Waals surface area contributed by atoms with Gasteiger partial charge in [-0.15, -0.1) is 0 Å². The number of benzene rings is 2. The lowest BCUT2D eigenvalue weighted by Crippen LogP contribution is -2.23. The number of hydrogen-bond acceptors (Lipinski definition) is 7. The molecule has 1 heterocycles. The van der Waals surface area contributed by atoms with Gasteiger partial charge in [0.1, 0.15) is 12.3 Å². The van der Waals surface area contributed by atoms with Gasteiger partial charge >= 0.3 is 5.97 Å². The summed E-state index contributed by atoms with van der Waals surface area (Å²) in [6.45, 7) is 3.89. The van der Waals surface area contributed by atoms with Crippen LogP contribution in [0.3, 0.4) is 0 Å². The molecular formula is C23H26N2O6S. The maximum absolute atomic E-state index is 12.5. The monoisotopic (exact) mass is 458 g/mol. The second-order valence-electron chi connectivity index (χ2n) is 7.24. The number of amides is 1. The molecule has 0 atom stereocenters. The number of nitrogens with zero attached hydrogens (tertiary/aromatic N) is 2. The predicted octanol–water partition coefficient (Wildman–Crippen LogP) is 3.52. The Morgan fingerprint density at radius 1 is 1.03 bits per heavy atom. The fourth-order valence-corrected chi connectivity index (χ4v) is 4.12. The molecule has 0 unspecified atom stereocenters. The summed E-state index contributed by atoms with van der Waals surface area (Å²) in [4.78, 5) is 29.0. The topological polar surface area (TPSA) is 88.4 Å². The fourth-order valence-electron chi connectivity index (χ4n) is 3.06. The van der Waals surface area contributed by atoms with Crippen LogP contribution in [0.2, 0.25) is 0 Å². The van der Waals surface area contributed by atoms with Gasteiger partial charge in [0.2, 0.25) is 0 Å². The summed E-state index contributed by atoms with van der Waals surface area (Å²) in [7, 11) is 4.38. The fraction of sp³-hybridized carbons (Fsp3) is 0.348. The largest absolute Gasteiger partial charge is 0.493 e. The molecule has 0 spiro atoms. The van der Waals surface area contributed by atoms with Crippen molar-refractivity contribution in [3.05, 3.63) is 46.8 Å². The van der Waals surface area contributed by atoms with Gasteiger partial charge in [0.05, 0.1) is 31.5 Å². The molecule has 1 amide bonds. The zero-order chi connectivity index (χ0) is 23.3. The van der Waals surface area contributed by atoms with E-state index in [1.807, 2.05) is 24.3 Å². The number of hydrogen-bond donors (Lipinski definition) is 0. The third kappa shape index (κ3) is 5.28. The average molecular weight is 459 g/mol. The number of fused-ring (bicyclic) bond motifs is 1. The van der Waals surface area contributed by atoms with Crippen LogP contribution in [0.25, 0.3) is 10.2 Å². The molecule has 1 aromatic heterocycles. The Labute approximate surface area is 190 Å². The highest BCUT2D eigenvalue weighted by Gasteiger charge is 2.16. The number of rotatable bonds is 8. The van der Waals surface area contributed by atoms with E-state index in [0.717, 1.165) is 4.70 Å². The number of aromatic nitrogens is 1. The predicted molar refractivity (Wildman–Crippen MR) is 122 cm³/mol. The molecule has 32 heavy (non-hydrogen) atoms.